The van der Waals surface area contributed by atoms with E-state index < -0.39 is 49.5 Å². The number of carbonyl (C=O) groups is 2. The Morgan fingerprint density at radius 1 is 0.587 bits per heavy atom. The molecule has 1 amide bonds. The maximum atomic E-state index is 12.9. The lowest BCUT2D eigenvalue weighted by atomic mass is 9.99. The summed E-state index contributed by atoms with van der Waals surface area (Å²) in [5.74, 6) is -0.302. The molecule has 1 heterocycles. The fraction of sp³-hybridized carbons (Fsp3) is 0.769. The highest BCUT2D eigenvalue weighted by atomic mass is 16.7. The van der Waals surface area contributed by atoms with Crippen molar-refractivity contribution in [3.8, 4) is 0 Å². The average molecular weight is 890 g/mol. The summed E-state index contributed by atoms with van der Waals surface area (Å²) in [5.41, 5.74) is 0. The van der Waals surface area contributed by atoms with E-state index in [0.717, 1.165) is 96.3 Å². The molecule has 0 spiro atoms. The smallest absolute Gasteiger partial charge is 0.305 e. The molecule has 63 heavy (non-hydrogen) atoms. The van der Waals surface area contributed by atoms with E-state index in [1.807, 2.05) is 6.08 Å². The molecule has 0 aromatic heterocycles. The Bertz CT molecular complexity index is 1230. The Balaban J connectivity index is 2.18. The quantitative estimate of drug-likeness (QED) is 0.0197. The first-order chi connectivity index (χ1) is 30.7. The van der Waals surface area contributed by atoms with Crippen molar-refractivity contribution in [1.29, 1.82) is 0 Å². The molecule has 1 rings (SSSR count). The summed E-state index contributed by atoms with van der Waals surface area (Å²) < 4.78 is 16.6. The number of unbranched alkanes of at least 4 members (excludes halogenated alkanes) is 19. The molecular formula is C52H91NO10. The molecule has 1 saturated heterocycles. The van der Waals surface area contributed by atoms with Gasteiger partial charge in [-0.2, -0.15) is 0 Å². The average Bonchev–Trinajstić information content (AvgIpc) is 3.28. The van der Waals surface area contributed by atoms with Crippen LogP contribution in [0.15, 0.2) is 60.8 Å². The number of aliphatic hydroxyl groups excluding tert-OH is 5. The van der Waals surface area contributed by atoms with Crippen LogP contribution in [0.2, 0.25) is 0 Å². The summed E-state index contributed by atoms with van der Waals surface area (Å²) in [4.78, 5) is 25.0. The molecule has 6 N–H and O–H groups in total. The minimum absolute atomic E-state index is 0.0743. The van der Waals surface area contributed by atoms with Gasteiger partial charge in [0.1, 0.15) is 24.4 Å². The molecule has 0 aromatic carbocycles. The fourth-order valence-electron chi connectivity index (χ4n) is 7.24. The number of nitrogens with one attached hydrogen (secondary N) is 1. The molecule has 1 aliphatic heterocycles. The van der Waals surface area contributed by atoms with Crippen molar-refractivity contribution in [2.45, 2.75) is 236 Å². The van der Waals surface area contributed by atoms with Crippen LogP contribution in [0.4, 0.5) is 0 Å². The molecule has 11 nitrogen and oxygen atoms in total. The van der Waals surface area contributed by atoms with Crippen molar-refractivity contribution >= 4 is 11.9 Å². The Labute approximate surface area is 382 Å². The van der Waals surface area contributed by atoms with E-state index in [1.54, 1.807) is 6.08 Å². The standard InChI is InChI=1S/C52H91NO10/c1-3-5-7-9-11-13-14-15-16-17-20-24-28-32-36-40-48(57)61-41-37-33-29-25-21-18-19-23-27-31-35-39-47(56)53-44(45(55)38-34-30-26-22-12-10-8-6-4-2)43-62-52-51(60)50(59)49(58)46(42-54)63-52/h11-13,15-16,21-22,25,34,38,44-46,49-52,54-55,58-60H,3-10,14,17-20,23-24,26-33,35-37,39-43H2,1-2H3,(H,53,56)/b13-11-,16-15-,22-12+,25-21-,38-34+. The van der Waals surface area contributed by atoms with Crippen LogP contribution in [0.5, 0.6) is 0 Å². The summed E-state index contributed by atoms with van der Waals surface area (Å²) in [7, 11) is 0. The van der Waals surface area contributed by atoms with Crippen LogP contribution in [-0.4, -0.2) is 100 Å². The van der Waals surface area contributed by atoms with Gasteiger partial charge < -0.3 is 45.1 Å². The summed E-state index contributed by atoms with van der Waals surface area (Å²) >= 11 is 0. The third-order valence-electron chi connectivity index (χ3n) is 11.3. The van der Waals surface area contributed by atoms with E-state index in [-0.39, 0.29) is 18.5 Å². The van der Waals surface area contributed by atoms with Gasteiger partial charge in [0, 0.05) is 12.8 Å². The van der Waals surface area contributed by atoms with Crippen LogP contribution in [0.3, 0.4) is 0 Å². The Hall–Kier alpha value is -2.64. The third kappa shape index (κ3) is 32.6. The highest BCUT2D eigenvalue weighted by molar-refractivity contribution is 5.76. The van der Waals surface area contributed by atoms with E-state index in [4.69, 9.17) is 14.2 Å². The SMILES string of the molecule is CCCCC/C=C\C/C=C\CCCCCCCC(=O)OCCCC/C=C\CCCCCCCC(=O)NC(COC1OC(CO)C(O)C(O)C1O)C(O)/C=C/CC/C=C/CCCCC. The predicted octanol–water partition coefficient (Wildman–Crippen LogP) is 9.94. The monoisotopic (exact) mass is 890 g/mol. The minimum atomic E-state index is -1.59. The zero-order valence-corrected chi connectivity index (χ0v) is 39.5. The topological polar surface area (TPSA) is 175 Å². The molecule has 1 fully saturated rings. The summed E-state index contributed by atoms with van der Waals surface area (Å²) in [6, 6.07) is -0.849. The van der Waals surface area contributed by atoms with E-state index in [2.05, 4.69) is 67.8 Å². The molecule has 0 aromatic rings. The van der Waals surface area contributed by atoms with Crippen molar-refractivity contribution in [2.75, 3.05) is 19.8 Å². The van der Waals surface area contributed by atoms with Crippen molar-refractivity contribution in [3.05, 3.63) is 60.8 Å². The lowest BCUT2D eigenvalue weighted by Crippen LogP contribution is -2.60. The van der Waals surface area contributed by atoms with Crippen LogP contribution < -0.4 is 5.32 Å². The third-order valence-corrected chi connectivity index (χ3v) is 11.3. The van der Waals surface area contributed by atoms with Crippen molar-refractivity contribution < 1.29 is 49.3 Å². The predicted molar refractivity (Wildman–Crippen MR) is 255 cm³/mol. The molecule has 1 aliphatic rings. The highest BCUT2D eigenvalue weighted by Gasteiger charge is 2.44. The summed E-state index contributed by atoms with van der Waals surface area (Å²) in [5, 5.41) is 54.0. The molecule has 0 bridgehead atoms. The highest BCUT2D eigenvalue weighted by Crippen LogP contribution is 2.22. The number of hydrogen-bond donors (Lipinski definition) is 6. The van der Waals surface area contributed by atoms with E-state index in [0.29, 0.717) is 25.9 Å². The second kappa shape index (κ2) is 42.0. The van der Waals surface area contributed by atoms with Gasteiger partial charge in [-0.15, -0.1) is 0 Å². The van der Waals surface area contributed by atoms with E-state index in [1.165, 1.54) is 64.2 Å². The first kappa shape index (κ1) is 58.4. The second-order valence-corrected chi connectivity index (χ2v) is 17.1. The summed E-state index contributed by atoms with van der Waals surface area (Å²) in [6.07, 6.45) is 41.7. The minimum Gasteiger partial charge on any atom is -0.466 e. The van der Waals surface area contributed by atoms with Gasteiger partial charge in [-0.1, -0.05) is 139 Å². The van der Waals surface area contributed by atoms with Gasteiger partial charge in [0.25, 0.3) is 0 Å². The van der Waals surface area contributed by atoms with Gasteiger partial charge in [-0.3, -0.25) is 9.59 Å². The number of hydrogen-bond acceptors (Lipinski definition) is 10. The van der Waals surface area contributed by atoms with Gasteiger partial charge in [0.05, 0.1) is 32.0 Å². The number of aliphatic hydroxyl groups is 5. The molecule has 11 heteroatoms. The number of ether oxygens (including phenoxy) is 3. The number of allylic oxidation sites excluding steroid dienone is 9. The zero-order valence-electron chi connectivity index (χ0n) is 39.5. The lowest BCUT2D eigenvalue weighted by molar-refractivity contribution is -0.302. The number of carbonyl (C=O) groups excluding carboxylic acids is 2. The molecule has 0 radical (unpaired) electrons. The largest absolute Gasteiger partial charge is 0.466 e. The maximum absolute atomic E-state index is 12.9. The van der Waals surface area contributed by atoms with Crippen LogP contribution in [0, 0.1) is 0 Å². The molecule has 0 aliphatic carbocycles. The lowest BCUT2D eigenvalue weighted by Gasteiger charge is -2.40. The first-order valence-corrected chi connectivity index (χ1v) is 25.1. The van der Waals surface area contributed by atoms with Gasteiger partial charge in [0.2, 0.25) is 5.91 Å². The second-order valence-electron chi connectivity index (χ2n) is 17.1. The maximum Gasteiger partial charge on any atom is 0.305 e. The van der Waals surface area contributed by atoms with E-state index in [9.17, 15) is 35.1 Å². The molecule has 7 unspecified atom stereocenters. The van der Waals surface area contributed by atoms with Crippen LogP contribution in [0.1, 0.15) is 194 Å². The fourth-order valence-corrected chi connectivity index (χ4v) is 7.24. The molecular weight excluding hydrogens is 799 g/mol. The Kier molecular flexibility index (Phi) is 38.9. The number of amides is 1. The van der Waals surface area contributed by atoms with Gasteiger partial charge in [0.15, 0.2) is 6.29 Å². The Morgan fingerprint density at radius 3 is 1.67 bits per heavy atom. The van der Waals surface area contributed by atoms with Gasteiger partial charge in [-0.25, -0.2) is 0 Å². The summed E-state index contributed by atoms with van der Waals surface area (Å²) in [6.45, 7) is 4.10. The van der Waals surface area contributed by atoms with E-state index >= 15 is 0 Å². The van der Waals surface area contributed by atoms with Gasteiger partial charge >= 0.3 is 5.97 Å². The van der Waals surface area contributed by atoms with Crippen molar-refractivity contribution in [3.63, 3.8) is 0 Å². The van der Waals surface area contributed by atoms with Crippen LogP contribution in [0.25, 0.3) is 0 Å². The molecule has 0 saturated carbocycles. The van der Waals surface area contributed by atoms with Crippen molar-refractivity contribution in [2.24, 2.45) is 0 Å². The molecule has 364 valence electrons. The van der Waals surface area contributed by atoms with Crippen molar-refractivity contribution in [1.82, 2.24) is 5.32 Å². The number of esters is 1. The van der Waals surface area contributed by atoms with Crippen LogP contribution >= 0.6 is 0 Å². The Morgan fingerprint density at radius 2 is 1.08 bits per heavy atom. The first-order valence-electron chi connectivity index (χ1n) is 25.1. The number of rotatable bonds is 41. The van der Waals surface area contributed by atoms with Crippen LogP contribution in [-0.2, 0) is 23.8 Å². The molecule has 7 atom stereocenters. The zero-order chi connectivity index (χ0) is 46.0. The normalized spacial score (nSPS) is 20.5. The van der Waals surface area contributed by atoms with Gasteiger partial charge in [-0.05, 0) is 103 Å².